The van der Waals surface area contributed by atoms with Crippen LogP contribution in [0.2, 0.25) is 0 Å². The van der Waals surface area contributed by atoms with Gasteiger partial charge in [0.1, 0.15) is 0 Å². The van der Waals surface area contributed by atoms with Crippen LogP contribution in [0.3, 0.4) is 0 Å². The van der Waals surface area contributed by atoms with Crippen LogP contribution in [-0.2, 0) is 14.4 Å². The van der Waals surface area contributed by atoms with E-state index in [4.69, 9.17) is 16.6 Å². The Morgan fingerprint density at radius 3 is 2.24 bits per heavy atom. The zero-order chi connectivity index (χ0) is 16.0. The van der Waals surface area contributed by atoms with Crippen molar-refractivity contribution in [2.75, 3.05) is 18.0 Å². The lowest BCUT2D eigenvalue weighted by molar-refractivity contribution is -0.131. The molecule has 0 heterocycles. The molecule has 1 aromatic carbocycles. The summed E-state index contributed by atoms with van der Waals surface area (Å²) in [7, 11) is 0. The second kappa shape index (κ2) is 7.44. The topological polar surface area (TPSA) is 127 Å². The predicted molar refractivity (Wildman–Crippen MR) is 81.4 cm³/mol. The number of carboxylic acids is 1. The fourth-order valence-electron chi connectivity index (χ4n) is 1.70. The fourth-order valence-corrected chi connectivity index (χ4v) is 2.04. The Bertz CT molecular complexity index is 585. The molecule has 7 nitrogen and oxygen atoms in total. The van der Waals surface area contributed by atoms with Gasteiger partial charge in [-0.15, -0.1) is 0 Å². The summed E-state index contributed by atoms with van der Waals surface area (Å²) in [6, 6.07) is 5.00. The van der Waals surface area contributed by atoms with Gasteiger partial charge < -0.3 is 21.5 Å². The number of nitrogens with zero attached hydrogens (tertiary/aromatic N) is 1. The van der Waals surface area contributed by atoms with Gasteiger partial charge in [0.25, 0.3) is 0 Å². The summed E-state index contributed by atoms with van der Waals surface area (Å²) in [6.07, 6.45) is 2.32. The van der Waals surface area contributed by atoms with Crippen LogP contribution < -0.4 is 16.4 Å². The Kier molecular flexibility index (Phi) is 5.92. The van der Waals surface area contributed by atoms with Crippen molar-refractivity contribution in [1.82, 2.24) is 0 Å². The van der Waals surface area contributed by atoms with Crippen molar-refractivity contribution in [3.63, 3.8) is 0 Å². The number of nitrogens with two attached hydrogens (primary N) is 2. The van der Waals surface area contributed by atoms with Crippen LogP contribution in [0.1, 0.15) is 5.56 Å². The molecule has 5 N–H and O–H groups in total. The van der Waals surface area contributed by atoms with Crippen molar-refractivity contribution in [3.8, 4) is 0 Å². The van der Waals surface area contributed by atoms with Crippen LogP contribution in [0.15, 0.2) is 28.7 Å². The Morgan fingerprint density at radius 1 is 1.19 bits per heavy atom. The molecule has 0 saturated carbocycles. The van der Waals surface area contributed by atoms with Crippen LogP contribution in [-0.4, -0.2) is 36.0 Å². The third-order valence-electron chi connectivity index (χ3n) is 2.43. The highest BCUT2D eigenvalue weighted by Crippen LogP contribution is 2.26. The number of benzene rings is 1. The minimum atomic E-state index is -1.11. The van der Waals surface area contributed by atoms with Gasteiger partial charge in [0.05, 0.1) is 13.1 Å². The summed E-state index contributed by atoms with van der Waals surface area (Å²) < 4.78 is 0.698. The average molecular weight is 356 g/mol. The van der Waals surface area contributed by atoms with Crippen molar-refractivity contribution in [1.29, 1.82) is 0 Å². The maximum atomic E-state index is 11.1. The van der Waals surface area contributed by atoms with Crippen molar-refractivity contribution in [2.45, 2.75) is 0 Å². The molecule has 0 radical (unpaired) electrons. The van der Waals surface area contributed by atoms with Gasteiger partial charge in [-0.3, -0.25) is 9.59 Å². The van der Waals surface area contributed by atoms with Gasteiger partial charge in [0, 0.05) is 16.2 Å². The number of aliphatic carboxylic acids is 1. The number of amides is 2. The molecule has 0 bridgehead atoms. The highest BCUT2D eigenvalue weighted by Gasteiger charge is 2.15. The average Bonchev–Trinajstić information content (AvgIpc) is 2.35. The molecule has 112 valence electrons. The zero-order valence-electron chi connectivity index (χ0n) is 11.0. The van der Waals surface area contributed by atoms with E-state index in [1.807, 2.05) is 0 Å². The Labute approximate surface area is 129 Å². The van der Waals surface area contributed by atoms with Crippen molar-refractivity contribution in [2.24, 2.45) is 11.5 Å². The molecule has 1 rings (SSSR count). The molecule has 0 saturated heterocycles. The first-order valence-corrected chi connectivity index (χ1v) is 6.61. The molecule has 0 aliphatic carbocycles. The van der Waals surface area contributed by atoms with Gasteiger partial charge in [0.2, 0.25) is 11.8 Å². The summed E-state index contributed by atoms with van der Waals surface area (Å²) in [6.45, 7) is -0.430. The van der Waals surface area contributed by atoms with E-state index in [0.29, 0.717) is 15.7 Å². The first-order chi connectivity index (χ1) is 9.79. The maximum Gasteiger partial charge on any atom is 0.328 e. The fraction of sp³-hybridized carbons (Fsp3) is 0.154. The summed E-state index contributed by atoms with van der Waals surface area (Å²) in [4.78, 5) is 34.3. The minimum absolute atomic E-state index is 0.215. The van der Waals surface area contributed by atoms with Crippen LogP contribution in [0.4, 0.5) is 5.69 Å². The minimum Gasteiger partial charge on any atom is -0.478 e. The number of carbonyl (C=O) groups is 3. The monoisotopic (exact) mass is 355 g/mol. The van der Waals surface area contributed by atoms with Gasteiger partial charge >= 0.3 is 5.97 Å². The normalized spacial score (nSPS) is 10.5. The number of carboxylic acid groups (broad SMARTS) is 1. The summed E-state index contributed by atoms with van der Waals surface area (Å²) in [5.41, 5.74) is 11.3. The predicted octanol–water partition coefficient (Wildman–Crippen LogP) is 0.324. The third kappa shape index (κ3) is 5.65. The molecule has 0 unspecified atom stereocenters. The van der Waals surface area contributed by atoms with E-state index < -0.39 is 17.8 Å². The molecule has 2 amide bonds. The van der Waals surface area contributed by atoms with Crippen molar-refractivity contribution >= 4 is 45.5 Å². The van der Waals surface area contributed by atoms with Crippen LogP contribution >= 0.6 is 15.9 Å². The number of hydrogen-bond donors (Lipinski definition) is 3. The number of halogens is 1. The van der Waals surface area contributed by atoms with Crippen molar-refractivity contribution < 1.29 is 19.5 Å². The SMILES string of the molecule is NC(=O)CN(CC(N)=O)c1cc(Br)ccc1C=CC(=O)O. The highest BCUT2D eigenvalue weighted by molar-refractivity contribution is 9.10. The number of hydrogen-bond acceptors (Lipinski definition) is 4. The van der Waals surface area contributed by atoms with Crippen molar-refractivity contribution in [3.05, 3.63) is 34.3 Å². The summed E-state index contributed by atoms with van der Waals surface area (Å²) in [5, 5.41) is 8.69. The molecule has 0 fully saturated rings. The number of carbonyl (C=O) groups excluding carboxylic acids is 2. The zero-order valence-corrected chi connectivity index (χ0v) is 12.5. The lowest BCUT2D eigenvalue weighted by Gasteiger charge is -2.24. The van der Waals surface area contributed by atoms with Gasteiger partial charge in [-0.2, -0.15) is 0 Å². The molecule has 0 aliphatic rings. The Morgan fingerprint density at radius 2 is 1.76 bits per heavy atom. The number of anilines is 1. The van der Waals surface area contributed by atoms with E-state index in [1.165, 1.54) is 11.0 Å². The third-order valence-corrected chi connectivity index (χ3v) is 2.93. The van der Waals surface area contributed by atoms with Gasteiger partial charge in [-0.05, 0) is 23.8 Å². The maximum absolute atomic E-state index is 11.1. The summed E-state index contributed by atoms with van der Waals surface area (Å²) >= 11 is 3.28. The standard InChI is InChI=1S/C13H14BrN3O4/c14-9-3-1-8(2-4-13(20)21)10(5-9)17(6-11(15)18)7-12(16)19/h1-5H,6-7H2,(H2,15,18)(H2,16,19)(H,20,21). The first kappa shape index (κ1) is 16.7. The van der Waals surface area contributed by atoms with Gasteiger partial charge in [-0.25, -0.2) is 4.79 Å². The lowest BCUT2D eigenvalue weighted by Crippen LogP contribution is -2.40. The molecule has 0 aliphatic heterocycles. The van der Waals surface area contributed by atoms with E-state index in [0.717, 1.165) is 6.08 Å². The molecule has 0 atom stereocenters. The van der Waals surface area contributed by atoms with E-state index >= 15 is 0 Å². The first-order valence-electron chi connectivity index (χ1n) is 5.81. The van der Waals surface area contributed by atoms with E-state index in [-0.39, 0.29) is 13.1 Å². The second-order valence-corrected chi connectivity index (χ2v) is 5.08. The molecule has 1 aromatic rings. The van der Waals surface area contributed by atoms with Crippen LogP contribution in [0.5, 0.6) is 0 Å². The molecule has 0 aromatic heterocycles. The molecular weight excluding hydrogens is 342 g/mol. The quantitative estimate of drug-likeness (QED) is 0.607. The van der Waals surface area contributed by atoms with Gasteiger partial charge in [-0.1, -0.05) is 22.0 Å². The molecule has 21 heavy (non-hydrogen) atoms. The Hall–Kier alpha value is -2.35. The highest BCUT2D eigenvalue weighted by atomic mass is 79.9. The smallest absolute Gasteiger partial charge is 0.328 e. The molecule has 8 heteroatoms. The largest absolute Gasteiger partial charge is 0.478 e. The van der Waals surface area contributed by atoms with Gasteiger partial charge in [0.15, 0.2) is 0 Å². The van der Waals surface area contributed by atoms with E-state index in [9.17, 15) is 14.4 Å². The van der Waals surface area contributed by atoms with E-state index in [1.54, 1.807) is 18.2 Å². The van der Waals surface area contributed by atoms with E-state index in [2.05, 4.69) is 15.9 Å². The summed E-state index contributed by atoms with van der Waals surface area (Å²) in [5.74, 6) is -2.38. The lowest BCUT2D eigenvalue weighted by atomic mass is 10.1. The van der Waals surface area contributed by atoms with Crippen LogP contribution in [0.25, 0.3) is 6.08 Å². The van der Waals surface area contributed by atoms with Crippen LogP contribution in [0, 0.1) is 0 Å². The Balaban J connectivity index is 3.26. The number of primary amides is 2. The second-order valence-electron chi connectivity index (χ2n) is 4.16. The molecule has 0 spiro atoms. The number of rotatable bonds is 7. The molecular formula is C13H14BrN3O4.